The molecule has 174 valence electrons. The molecule has 3 amide bonds. The van der Waals surface area contributed by atoms with Crippen LogP contribution in [0.5, 0.6) is 0 Å². The molecule has 32 heavy (non-hydrogen) atoms. The summed E-state index contributed by atoms with van der Waals surface area (Å²) in [5.41, 5.74) is -6.26. The van der Waals surface area contributed by atoms with E-state index in [4.69, 9.17) is 9.47 Å². The van der Waals surface area contributed by atoms with Crippen LogP contribution < -0.4 is 5.32 Å². The van der Waals surface area contributed by atoms with Gasteiger partial charge in [0.15, 0.2) is 0 Å². The van der Waals surface area contributed by atoms with E-state index in [1.165, 1.54) is 7.11 Å². The van der Waals surface area contributed by atoms with E-state index in [1.807, 2.05) is 5.32 Å². The largest absolute Gasteiger partial charge is 0.446 e. The minimum Gasteiger partial charge on any atom is -0.382 e. The van der Waals surface area contributed by atoms with Crippen LogP contribution in [-0.2, 0) is 9.47 Å². The number of nitrogens with one attached hydrogen (secondary N) is 1. The second kappa shape index (κ2) is 11.2. The highest BCUT2D eigenvalue weighted by Crippen LogP contribution is 2.37. The van der Waals surface area contributed by atoms with Crippen molar-refractivity contribution in [2.75, 3.05) is 32.4 Å². The van der Waals surface area contributed by atoms with Crippen molar-refractivity contribution >= 4 is 29.4 Å². The smallest absolute Gasteiger partial charge is 0.382 e. The third-order valence-electron chi connectivity index (χ3n) is 3.73. The van der Waals surface area contributed by atoms with Crippen LogP contribution in [0.2, 0.25) is 0 Å². The number of alkyl halides is 3. The van der Waals surface area contributed by atoms with Crippen LogP contribution in [0.3, 0.4) is 0 Å². The number of hydrogen-bond acceptors (Lipinski definition) is 5. The Hall–Kier alpha value is -2.77. The van der Waals surface area contributed by atoms with Gasteiger partial charge in [-0.1, -0.05) is 6.07 Å². The minimum absolute atomic E-state index is 0.0741. The van der Waals surface area contributed by atoms with E-state index in [9.17, 15) is 35.9 Å². The average molecular weight is 482 g/mol. The molecule has 0 aromatic heterocycles. The van der Waals surface area contributed by atoms with Crippen LogP contribution in [0.15, 0.2) is 41.3 Å². The molecule has 0 aliphatic carbocycles. The maximum absolute atomic E-state index is 14.2. The molecule has 0 saturated carbocycles. The zero-order valence-electron chi connectivity index (χ0n) is 16.3. The van der Waals surface area contributed by atoms with Gasteiger partial charge in [-0.15, -0.1) is 0 Å². The first-order chi connectivity index (χ1) is 15.0. The van der Waals surface area contributed by atoms with Gasteiger partial charge < -0.3 is 14.8 Å². The number of urea groups is 1. The van der Waals surface area contributed by atoms with Crippen molar-refractivity contribution in [3.63, 3.8) is 0 Å². The first-order valence-corrected chi connectivity index (χ1v) is 9.54. The number of carbonyl (C=O) groups is 2. The number of rotatable bonds is 8. The maximum Gasteiger partial charge on any atom is 0.446 e. The summed E-state index contributed by atoms with van der Waals surface area (Å²) in [6.45, 7) is -0.791. The Balaban J connectivity index is 2.25. The molecule has 2 rings (SSSR count). The molecular formula is C19H16F6N2O4S. The molecule has 0 fully saturated rings. The Labute approximate surface area is 182 Å². The molecule has 0 spiro atoms. The number of nitrogens with zero attached hydrogens (tertiary/aromatic N) is 1. The van der Waals surface area contributed by atoms with Crippen molar-refractivity contribution < 1.29 is 45.4 Å². The van der Waals surface area contributed by atoms with Crippen molar-refractivity contribution in [2.45, 2.75) is 10.4 Å². The number of halogens is 6. The van der Waals surface area contributed by atoms with E-state index in [1.54, 1.807) is 0 Å². The average Bonchev–Trinajstić information content (AvgIpc) is 2.68. The highest BCUT2D eigenvalue weighted by molar-refractivity contribution is 8.00. The van der Waals surface area contributed by atoms with Crippen molar-refractivity contribution in [1.29, 1.82) is 0 Å². The van der Waals surface area contributed by atoms with E-state index in [0.717, 1.165) is 30.3 Å². The van der Waals surface area contributed by atoms with Gasteiger partial charge in [0.1, 0.15) is 29.7 Å². The summed E-state index contributed by atoms with van der Waals surface area (Å²) in [4.78, 5) is 25.0. The van der Waals surface area contributed by atoms with E-state index < -0.39 is 69.5 Å². The van der Waals surface area contributed by atoms with Gasteiger partial charge in [-0.3, -0.25) is 4.79 Å². The third kappa shape index (κ3) is 7.14. The van der Waals surface area contributed by atoms with Gasteiger partial charge >= 0.3 is 11.5 Å². The van der Waals surface area contributed by atoms with Gasteiger partial charge in [-0.05, 0) is 42.1 Å². The predicted molar refractivity (Wildman–Crippen MR) is 103 cm³/mol. The lowest BCUT2D eigenvalue weighted by molar-refractivity contribution is -0.0328. The highest BCUT2D eigenvalue weighted by atomic mass is 32.2. The van der Waals surface area contributed by atoms with Crippen LogP contribution in [0.1, 0.15) is 10.4 Å². The maximum atomic E-state index is 14.2. The van der Waals surface area contributed by atoms with Gasteiger partial charge in [-0.2, -0.15) is 13.2 Å². The molecule has 0 saturated heterocycles. The number of amides is 3. The number of thioether (sulfide) groups is 1. The van der Waals surface area contributed by atoms with Crippen LogP contribution in [0.25, 0.3) is 0 Å². The predicted octanol–water partition coefficient (Wildman–Crippen LogP) is 5.01. The highest BCUT2D eigenvalue weighted by Gasteiger charge is 2.31. The second-order valence-corrected chi connectivity index (χ2v) is 7.12. The molecule has 2 aromatic rings. The molecule has 2 aromatic carbocycles. The van der Waals surface area contributed by atoms with Gasteiger partial charge in [-0.25, -0.2) is 22.9 Å². The summed E-state index contributed by atoms with van der Waals surface area (Å²) in [6, 6.07) is 3.56. The fraction of sp³-hybridized carbons (Fsp3) is 0.263. The lowest BCUT2D eigenvalue weighted by Crippen LogP contribution is -2.42. The number of benzene rings is 2. The molecule has 0 heterocycles. The van der Waals surface area contributed by atoms with E-state index in [-0.39, 0.29) is 18.1 Å². The quantitative estimate of drug-likeness (QED) is 0.248. The minimum atomic E-state index is -4.65. The lowest BCUT2D eigenvalue weighted by atomic mass is 10.1. The Bertz CT molecular complexity index is 953. The Morgan fingerprint density at radius 1 is 1.03 bits per heavy atom. The van der Waals surface area contributed by atoms with Crippen molar-refractivity contribution in [2.24, 2.45) is 0 Å². The summed E-state index contributed by atoms with van der Waals surface area (Å²) in [6.07, 6.45) is 0. The fourth-order valence-electron chi connectivity index (χ4n) is 2.32. The van der Waals surface area contributed by atoms with E-state index >= 15 is 0 Å². The molecule has 6 nitrogen and oxygen atoms in total. The van der Waals surface area contributed by atoms with Gasteiger partial charge in [0.25, 0.3) is 5.91 Å². The second-order valence-electron chi connectivity index (χ2n) is 5.98. The zero-order chi connectivity index (χ0) is 23.9. The van der Waals surface area contributed by atoms with Gasteiger partial charge in [0.2, 0.25) is 0 Å². The summed E-state index contributed by atoms with van der Waals surface area (Å²) < 4.78 is 89.3. The summed E-state index contributed by atoms with van der Waals surface area (Å²) in [7, 11) is 1.36. The molecule has 0 radical (unpaired) electrons. The zero-order valence-corrected chi connectivity index (χ0v) is 17.2. The molecular weight excluding hydrogens is 466 g/mol. The summed E-state index contributed by atoms with van der Waals surface area (Å²) in [5.74, 6) is -5.13. The Kier molecular flexibility index (Phi) is 8.92. The lowest BCUT2D eigenvalue weighted by Gasteiger charge is -2.22. The van der Waals surface area contributed by atoms with Gasteiger partial charge in [0.05, 0.1) is 18.9 Å². The summed E-state index contributed by atoms with van der Waals surface area (Å²) in [5, 5.41) is 1.98. The number of imide groups is 1. The van der Waals surface area contributed by atoms with Crippen LogP contribution in [0, 0.1) is 17.5 Å². The van der Waals surface area contributed by atoms with Gasteiger partial charge in [0, 0.05) is 12.0 Å². The van der Waals surface area contributed by atoms with E-state index in [2.05, 4.69) is 0 Å². The molecule has 13 heteroatoms. The van der Waals surface area contributed by atoms with Crippen LogP contribution in [0.4, 0.5) is 36.8 Å². The molecule has 0 atom stereocenters. The fourth-order valence-corrected chi connectivity index (χ4v) is 2.89. The van der Waals surface area contributed by atoms with Crippen molar-refractivity contribution in [1.82, 2.24) is 4.90 Å². The first-order valence-electron chi connectivity index (χ1n) is 8.72. The standard InChI is InChI=1S/C19H16F6N2O4S/c1-30-7-8-31-10-27(17(28)16-12(20)3-2-4-13(16)21)18(29)26-15-6-5-11(9-14(15)22)32-19(23,24)25/h2-6,9H,7-8,10H2,1H3,(H,26,29). The van der Waals surface area contributed by atoms with Crippen LogP contribution in [-0.4, -0.2) is 49.4 Å². The molecule has 0 unspecified atom stereocenters. The number of anilines is 1. The van der Waals surface area contributed by atoms with Crippen molar-refractivity contribution in [3.8, 4) is 0 Å². The Morgan fingerprint density at radius 2 is 1.69 bits per heavy atom. The molecule has 1 N–H and O–H groups in total. The number of hydrogen-bond donors (Lipinski definition) is 1. The van der Waals surface area contributed by atoms with E-state index in [0.29, 0.717) is 6.07 Å². The third-order valence-corrected chi connectivity index (χ3v) is 4.46. The molecule has 0 aliphatic rings. The SMILES string of the molecule is COCCOCN(C(=O)Nc1ccc(SC(F)(F)F)cc1F)C(=O)c1c(F)cccc1F. The van der Waals surface area contributed by atoms with Crippen LogP contribution >= 0.6 is 11.8 Å². The normalized spacial score (nSPS) is 11.3. The first kappa shape index (κ1) is 25.5. The summed E-state index contributed by atoms with van der Waals surface area (Å²) >= 11 is -0.563. The number of carbonyl (C=O) groups excluding carboxylic acids is 2. The molecule has 0 bridgehead atoms. The Morgan fingerprint density at radius 3 is 2.25 bits per heavy atom. The number of ether oxygens (including phenoxy) is 2. The van der Waals surface area contributed by atoms with Crippen molar-refractivity contribution in [3.05, 3.63) is 59.4 Å². The molecule has 0 aliphatic heterocycles. The monoisotopic (exact) mass is 482 g/mol. The number of methoxy groups -OCH3 is 1. The topological polar surface area (TPSA) is 67.9 Å².